The average molecular weight is 263 g/mol. The first kappa shape index (κ1) is 12.5. The molecule has 0 saturated carbocycles. The highest BCUT2D eigenvalue weighted by Crippen LogP contribution is 2.26. The van der Waals surface area contributed by atoms with Crippen molar-refractivity contribution in [3.05, 3.63) is 65.9 Å². The van der Waals surface area contributed by atoms with E-state index >= 15 is 0 Å². The Morgan fingerprint density at radius 3 is 2.35 bits per heavy atom. The zero-order valence-corrected chi connectivity index (χ0v) is 11.7. The quantitative estimate of drug-likeness (QED) is 0.765. The van der Waals surface area contributed by atoms with E-state index in [1.807, 2.05) is 29.1 Å². The molecule has 0 aliphatic carbocycles. The first-order valence-corrected chi connectivity index (χ1v) is 6.63. The predicted molar refractivity (Wildman–Crippen MR) is 82.9 cm³/mol. The molecule has 0 radical (unpaired) electrons. The maximum absolute atomic E-state index is 6.12. The Balaban J connectivity index is 2.08. The van der Waals surface area contributed by atoms with Gasteiger partial charge < -0.3 is 5.73 Å². The fraction of sp³-hybridized carbons (Fsp3) is 0.118. The molecule has 2 aromatic carbocycles. The van der Waals surface area contributed by atoms with Gasteiger partial charge in [-0.05, 0) is 25.5 Å². The Kier molecular flexibility index (Phi) is 3.03. The topological polar surface area (TPSA) is 43.8 Å². The van der Waals surface area contributed by atoms with Gasteiger partial charge in [-0.3, -0.25) is 0 Å². The van der Waals surface area contributed by atoms with E-state index in [0.717, 1.165) is 16.9 Å². The van der Waals surface area contributed by atoms with E-state index in [1.165, 1.54) is 11.1 Å². The normalized spacial score (nSPS) is 10.7. The summed E-state index contributed by atoms with van der Waals surface area (Å²) in [6.07, 6.45) is 1.87. The van der Waals surface area contributed by atoms with E-state index in [0.29, 0.717) is 5.69 Å². The van der Waals surface area contributed by atoms with Crippen LogP contribution in [0.2, 0.25) is 0 Å². The summed E-state index contributed by atoms with van der Waals surface area (Å²) in [5.41, 5.74) is 12.1. The molecule has 2 N–H and O–H groups in total. The number of aryl methyl sites for hydroxylation is 2. The Morgan fingerprint density at radius 2 is 1.65 bits per heavy atom. The summed E-state index contributed by atoms with van der Waals surface area (Å²) in [5.74, 6) is 0. The Morgan fingerprint density at radius 1 is 0.950 bits per heavy atom. The van der Waals surface area contributed by atoms with E-state index in [9.17, 15) is 0 Å². The highest BCUT2D eigenvalue weighted by Gasteiger charge is 2.10. The molecule has 0 bridgehead atoms. The van der Waals surface area contributed by atoms with E-state index < -0.39 is 0 Å². The average Bonchev–Trinajstić information content (AvgIpc) is 2.82. The van der Waals surface area contributed by atoms with Crippen molar-refractivity contribution >= 4 is 5.69 Å². The number of nitrogens with zero attached hydrogens (tertiary/aromatic N) is 2. The molecule has 1 heterocycles. The number of benzene rings is 2. The van der Waals surface area contributed by atoms with E-state index in [1.54, 1.807) is 0 Å². The summed E-state index contributed by atoms with van der Waals surface area (Å²) in [5, 5.41) is 4.63. The molecular formula is C17H17N3. The number of hydrogen-bond donors (Lipinski definition) is 1. The van der Waals surface area contributed by atoms with Gasteiger partial charge in [0.1, 0.15) is 5.69 Å². The lowest BCUT2D eigenvalue weighted by Crippen LogP contribution is -1.97. The molecule has 0 fully saturated rings. The van der Waals surface area contributed by atoms with Gasteiger partial charge in [-0.25, -0.2) is 4.68 Å². The summed E-state index contributed by atoms with van der Waals surface area (Å²) in [6.45, 7) is 4.14. The van der Waals surface area contributed by atoms with E-state index in [-0.39, 0.29) is 0 Å². The smallest absolute Gasteiger partial charge is 0.116 e. The number of rotatable bonds is 2. The maximum Gasteiger partial charge on any atom is 0.116 e. The molecule has 0 spiro atoms. The fourth-order valence-electron chi connectivity index (χ4n) is 2.27. The van der Waals surface area contributed by atoms with Crippen LogP contribution in [-0.4, -0.2) is 9.78 Å². The van der Waals surface area contributed by atoms with Crippen LogP contribution >= 0.6 is 0 Å². The van der Waals surface area contributed by atoms with Crippen LogP contribution < -0.4 is 5.73 Å². The zero-order valence-electron chi connectivity index (χ0n) is 11.7. The number of hydrogen-bond acceptors (Lipinski definition) is 2. The molecule has 20 heavy (non-hydrogen) atoms. The summed E-state index contributed by atoms with van der Waals surface area (Å²) in [6, 6.07) is 16.4. The van der Waals surface area contributed by atoms with Gasteiger partial charge in [-0.2, -0.15) is 5.10 Å². The molecule has 0 atom stereocenters. The lowest BCUT2D eigenvalue weighted by molar-refractivity contribution is 0.876. The van der Waals surface area contributed by atoms with Crippen LogP contribution in [0.1, 0.15) is 11.1 Å². The largest absolute Gasteiger partial charge is 0.396 e. The minimum Gasteiger partial charge on any atom is -0.396 e. The third-order valence-corrected chi connectivity index (χ3v) is 3.43. The lowest BCUT2D eigenvalue weighted by atomic mass is 10.1. The van der Waals surface area contributed by atoms with E-state index in [2.05, 4.69) is 49.3 Å². The van der Waals surface area contributed by atoms with Crippen molar-refractivity contribution in [2.45, 2.75) is 13.8 Å². The summed E-state index contributed by atoms with van der Waals surface area (Å²) in [7, 11) is 0. The zero-order chi connectivity index (χ0) is 14.1. The van der Waals surface area contributed by atoms with Crippen LogP contribution in [0.4, 0.5) is 5.69 Å². The highest BCUT2D eigenvalue weighted by atomic mass is 15.3. The highest BCUT2D eigenvalue weighted by molar-refractivity contribution is 5.72. The van der Waals surface area contributed by atoms with Crippen molar-refractivity contribution in [2.75, 3.05) is 5.73 Å². The van der Waals surface area contributed by atoms with Gasteiger partial charge in [0.2, 0.25) is 0 Å². The summed E-state index contributed by atoms with van der Waals surface area (Å²) in [4.78, 5) is 0. The molecule has 0 saturated heterocycles. The van der Waals surface area contributed by atoms with Crippen molar-refractivity contribution in [1.29, 1.82) is 0 Å². The molecular weight excluding hydrogens is 246 g/mol. The van der Waals surface area contributed by atoms with Crippen molar-refractivity contribution < 1.29 is 0 Å². The second-order valence-electron chi connectivity index (χ2n) is 5.03. The second kappa shape index (κ2) is 4.85. The molecule has 0 unspecified atom stereocenters. The summed E-state index contributed by atoms with van der Waals surface area (Å²) < 4.78 is 1.85. The predicted octanol–water partition coefficient (Wildman–Crippen LogP) is 3.74. The molecule has 0 amide bonds. The standard InChI is InChI=1S/C17H17N3/c1-12-7-9-14(10-8-12)17-15(18)11-20(19-17)16-6-4-3-5-13(16)2/h3-11H,18H2,1-2H3. The van der Waals surface area contributed by atoms with Gasteiger partial charge >= 0.3 is 0 Å². The molecule has 3 heteroatoms. The molecule has 3 nitrogen and oxygen atoms in total. The molecule has 3 rings (SSSR count). The molecule has 3 aromatic rings. The Labute approximate surface area is 118 Å². The van der Waals surface area contributed by atoms with Crippen LogP contribution in [0.5, 0.6) is 0 Å². The molecule has 0 aliphatic rings. The van der Waals surface area contributed by atoms with Gasteiger partial charge in [0, 0.05) is 5.56 Å². The third kappa shape index (κ3) is 2.18. The number of nitrogens with two attached hydrogens (primary N) is 1. The van der Waals surface area contributed by atoms with Crippen molar-refractivity contribution in [3.8, 4) is 16.9 Å². The number of para-hydroxylation sites is 1. The minimum atomic E-state index is 0.692. The van der Waals surface area contributed by atoms with Crippen molar-refractivity contribution in [3.63, 3.8) is 0 Å². The van der Waals surface area contributed by atoms with Gasteiger partial charge in [-0.15, -0.1) is 0 Å². The number of nitrogen functional groups attached to an aromatic ring is 1. The SMILES string of the molecule is Cc1ccc(-c2nn(-c3ccccc3C)cc2N)cc1. The van der Waals surface area contributed by atoms with Crippen molar-refractivity contribution in [2.24, 2.45) is 0 Å². The number of aromatic nitrogens is 2. The molecule has 0 aliphatic heterocycles. The minimum absolute atomic E-state index is 0.692. The van der Waals surface area contributed by atoms with Gasteiger partial charge in [0.25, 0.3) is 0 Å². The molecule has 100 valence electrons. The first-order chi connectivity index (χ1) is 9.65. The van der Waals surface area contributed by atoms with Crippen LogP contribution in [0, 0.1) is 13.8 Å². The van der Waals surface area contributed by atoms with Crippen molar-refractivity contribution in [1.82, 2.24) is 9.78 Å². The number of anilines is 1. The van der Waals surface area contributed by atoms with Gasteiger partial charge in [0.15, 0.2) is 0 Å². The van der Waals surface area contributed by atoms with E-state index in [4.69, 9.17) is 5.73 Å². The van der Waals surface area contributed by atoms with Gasteiger partial charge in [-0.1, -0.05) is 48.0 Å². The first-order valence-electron chi connectivity index (χ1n) is 6.63. The van der Waals surface area contributed by atoms with Crippen LogP contribution in [0.3, 0.4) is 0 Å². The fourth-order valence-corrected chi connectivity index (χ4v) is 2.27. The molecule has 1 aromatic heterocycles. The second-order valence-corrected chi connectivity index (χ2v) is 5.03. The Hall–Kier alpha value is -2.55. The van der Waals surface area contributed by atoms with Crippen LogP contribution in [0.15, 0.2) is 54.7 Å². The van der Waals surface area contributed by atoms with Crippen LogP contribution in [-0.2, 0) is 0 Å². The Bertz CT molecular complexity index is 739. The lowest BCUT2D eigenvalue weighted by Gasteiger charge is -2.04. The maximum atomic E-state index is 6.12. The van der Waals surface area contributed by atoms with Gasteiger partial charge in [0.05, 0.1) is 17.6 Å². The summed E-state index contributed by atoms with van der Waals surface area (Å²) >= 11 is 0. The van der Waals surface area contributed by atoms with Crippen LogP contribution in [0.25, 0.3) is 16.9 Å². The monoisotopic (exact) mass is 263 g/mol. The third-order valence-electron chi connectivity index (χ3n) is 3.43.